The molecule has 1 fully saturated rings. The number of hydrogen-bond donors (Lipinski definition) is 0. The van der Waals surface area contributed by atoms with Crippen molar-refractivity contribution < 1.29 is 17.5 Å². The summed E-state index contributed by atoms with van der Waals surface area (Å²) in [5.74, 6) is -0.625. The highest BCUT2D eigenvalue weighted by molar-refractivity contribution is 7.89. The van der Waals surface area contributed by atoms with Crippen LogP contribution >= 0.6 is 0 Å². The van der Waals surface area contributed by atoms with Crippen molar-refractivity contribution in [3.8, 4) is 5.75 Å². The molecule has 1 aromatic carbocycles. The molecular weight excluding hydrogens is 283 g/mol. The Morgan fingerprint density at radius 3 is 2.45 bits per heavy atom. The number of nitrogens with zero attached hydrogens (tertiary/aromatic N) is 2. The average Bonchev–Trinajstić information content (AvgIpc) is 2.47. The zero-order valence-corrected chi connectivity index (χ0v) is 12.5. The Bertz CT molecular complexity index is 569. The van der Waals surface area contributed by atoms with Crippen LogP contribution in [0.4, 0.5) is 4.39 Å². The lowest BCUT2D eigenvalue weighted by atomic mass is 10.3. The summed E-state index contributed by atoms with van der Waals surface area (Å²) in [4.78, 5) is 2.26. The summed E-state index contributed by atoms with van der Waals surface area (Å²) in [6, 6.07) is 3.63. The summed E-state index contributed by atoms with van der Waals surface area (Å²) >= 11 is 0. The monoisotopic (exact) mass is 302 g/mol. The SMILES string of the molecule is CCN1CCN(S(=O)(=O)c2ccc(F)c(OC)c2)CC1. The maximum atomic E-state index is 13.4. The molecule has 1 aromatic rings. The molecule has 1 saturated heterocycles. The molecule has 1 aliphatic rings. The van der Waals surface area contributed by atoms with Crippen LogP contribution in [0.25, 0.3) is 0 Å². The van der Waals surface area contributed by atoms with E-state index in [2.05, 4.69) is 11.8 Å². The molecule has 7 heteroatoms. The minimum absolute atomic E-state index is 0.0572. The van der Waals surface area contributed by atoms with E-state index in [0.29, 0.717) is 26.2 Å². The molecule has 0 aliphatic carbocycles. The largest absolute Gasteiger partial charge is 0.494 e. The average molecular weight is 302 g/mol. The quantitative estimate of drug-likeness (QED) is 0.837. The van der Waals surface area contributed by atoms with Crippen LogP contribution in [0.3, 0.4) is 0 Å². The van der Waals surface area contributed by atoms with Gasteiger partial charge in [0.2, 0.25) is 10.0 Å². The lowest BCUT2D eigenvalue weighted by molar-refractivity contribution is 0.196. The van der Waals surface area contributed by atoms with Crippen LogP contribution in [0.15, 0.2) is 23.1 Å². The molecule has 0 radical (unpaired) electrons. The normalized spacial score (nSPS) is 18.1. The van der Waals surface area contributed by atoms with Gasteiger partial charge < -0.3 is 9.64 Å². The van der Waals surface area contributed by atoms with E-state index in [9.17, 15) is 12.8 Å². The first-order valence-corrected chi connectivity index (χ1v) is 7.99. The van der Waals surface area contributed by atoms with Crippen molar-refractivity contribution in [2.24, 2.45) is 0 Å². The van der Waals surface area contributed by atoms with Crippen LogP contribution in [0.5, 0.6) is 5.75 Å². The molecule has 0 N–H and O–H groups in total. The predicted molar refractivity (Wildman–Crippen MR) is 73.8 cm³/mol. The Hall–Kier alpha value is -1.18. The van der Waals surface area contributed by atoms with Crippen molar-refractivity contribution in [1.82, 2.24) is 9.21 Å². The summed E-state index contributed by atoms with van der Waals surface area (Å²) in [6.07, 6.45) is 0. The smallest absolute Gasteiger partial charge is 0.243 e. The van der Waals surface area contributed by atoms with Crippen LogP contribution in [0, 0.1) is 5.82 Å². The number of piperazine rings is 1. The third-order valence-corrected chi connectivity index (χ3v) is 5.43. The maximum absolute atomic E-state index is 13.4. The van der Waals surface area contributed by atoms with Gasteiger partial charge in [-0.15, -0.1) is 0 Å². The Kier molecular flexibility index (Phi) is 4.62. The Morgan fingerprint density at radius 1 is 1.25 bits per heavy atom. The van der Waals surface area contributed by atoms with Crippen molar-refractivity contribution in [1.29, 1.82) is 0 Å². The number of hydrogen-bond acceptors (Lipinski definition) is 4. The van der Waals surface area contributed by atoms with Gasteiger partial charge in [-0.3, -0.25) is 0 Å². The number of sulfonamides is 1. The third-order valence-electron chi connectivity index (χ3n) is 3.54. The van der Waals surface area contributed by atoms with Gasteiger partial charge in [0.25, 0.3) is 0 Å². The first-order chi connectivity index (χ1) is 9.48. The van der Waals surface area contributed by atoms with E-state index in [0.717, 1.165) is 12.6 Å². The summed E-state index contributed by atoms with van der Waals surface area (Å²) in [5, 5.41) is 0. The van der Waals surface area contributed by atoms with Gasteiger partial charge in [-0.1, -0.05) is 6.92 Å². The fourth-order valence-electron chi connectivity index (χ4n) is 2.24. The number of likely N-dealkylation sites (N-methyl/N-ethyl adjacent to an activating group) is 1. The van der Waals surface area contributed by atoms with E-state index in [1.165, 1.54) is 23.5 Å². The first kappa shape index (κ1) is 15.2. The molecule has 112 valence electrons. The van der Waals surface area contributed by atoms with Gasteiger partial charge in [0.15, 0.2) is 11.6 Å². The molecule has 1 heterocycles. The number of methoxy groups -OCH3 is 1. The topological polar surface area (TPSA) is 49.9 Å². The molecule has 0 saturated carbocycles. The standard InChI is InChI=1S/C13H19FN2O3S/c1-3-15-6-8-16(9-7-15)20(17,18)11-4-5-12(14)13(10-11)19-2/h4-5,10H,3,6-9H2,1-2H3. The molecule has 0 amide bonds. The van der Waals surface area contributed by atoms with Gasteiger partial charge in [-0.25, -0.2) is 12.8 Å². The molecule has 0 spiro atoms. The third kappa shape index (κ3) is 2.94. The van der Waals surface area contributed by atoms with Gasteiger partial charge in [-0.05, 0) is 18.7 Å². The highest BCUT2D eigenvalue weighted by Crippen LogP contribution is 2.24. The highest BCUT2D eigenvalue weighted by Gasteiger charge is 2.28. The summed E-state index contributed by atoms with van der Waals surface area (Å²) in [6.45, 7) is 5.31. The minimum atomic E-state index is -3.58. The van der Waals surface area contributed by atoms with Gasteiger partial charge in [0, 0.05) is 32.2 Å². The van der Waals surface area contributed by atoms with E-state index in [1.54, 1.807) is 0 Å². The van der Waals surface area contributed by atoms with Crippen LogP contribution in [-0.2, 0) is 10.0 Å². The van der Waals surface area contributed by atoms with Crippen molar-refractivity contribution in [3.05, 3.63) is 24.0 Å². The van der Waals surface area contributed by atoms with Crippen molar-refractivity contribution in [2.75, 3.05) is 39.8 Å². The molecule has 0 unspecified atom stereocenters. The summed E-state index contributed by atoms with van der Waals surface area (Å²) < 4.78 is 44.6. The first-order valence-electron chi connectivity index (χ1n) is 6.55. The molecule has 0 atom stereocenters. The molecule has 1 aliphatic heterocycles. The number of halogens is 1. The van der Waals surface area contributed by atoms with Crippen molar-refractivity contribution in [2.45, 2.75) is 11.8 Å². The van der Waals surface area contributed by atoms with Crippen molar-refractivity contribution in [3.63, 3.8) is 0 Å². The second-order valence-electron chi connectivity index (χ2n) is 4.63. The Balaban J connectivity index is 2.22. The molecule has 5 nitrogen and oxygen atoms in total. The summed E-state index contributed by atoms with van der Waals surface area (Å²) in [7, 11) is -2.27. The van der Waals surface area contributed by atoms with E-state index in [4.69, 9.17) is 4.74 Å². The van der Waals surface area contributed by atoms with Crippen LogP contribution in [-0.4, -0.2) is 57.5 Å². The fourth-order valence-corrected chi connectivity index (χ4v) is 3.67. The lowest BCUT2D eigenvalue weighted by Crippen LogP contribution is -2.48. The Morgan fingerprint density at radius 2 is 1.90 bits per heavy atom. The number of rotatable bonds is 4. The highest BCUT2D eigenvalue weighted by atomic mass is 32.2. The van der Waals surface area contributed by atoms with Crippen LogP contribution < -0.4 is 4.74 Å². The predicted octanol–water partition coefficient (Wildman–Crippen LogP) is 1.16. The van der Waals surface area contributed by atoms with Crippen LogP contribution in [0.2, 0.25) is 0 Å². The molecule has 2 rings (SSSR count). The fraction of sp³-hybridized carbons (Fsp3) is 0.538. The molecule has 0 bridgehead atoms. The second kappa shape index (κ2) is 6.07. The van der Waals surface area contributed by atoms with Gasteiger partial charge >= 0.3 is 0 Å². The molecular formula is C13H19FN2O3S. The van der Waals surface area contributed by atoms with Gasteiger partial charge in [0.1, 0.15) is 0 Å². The van der Waals surface area contributed by atoms with E-state index < -0.39 is 15.8 Å². The lowest BCUT2D eigenvalue weighted by Gasteiger charge is -2.33. The Labute approximate surface area is 119 Å². The van der Waals surface area contributed by atoms with Crippen LogP contribution in [0.1, 0.15) is 6.92 Å². The number of benzene rings is 1. The summed E-state index contributed by atoms with van der Waals surface area (Å²) in [5.41, 5.74) is 0. The molecule has 0 aromatic heterocycles. The van der Waals surface area contributed by atoms with E-state index >= 15 is 0 Å². The van der Waals surface area contributed by atoms with E-state index in [1.807, 2.05) is 0 Å². The van der Waals surface area contributed by atoms with Gasteiger partial charge in [0.05, 0.1) is 12.0 Å². The van der Waals surface area contributed by atoms with Gasteiger partial charge in [-0.2, -0.15) is 4.31 Å². The molecule has 20 heavy (non-hydrogen) atoms. The number of ether oxygens (including phenoxy) is 1. The zero-order valence-electron chi connectivity index (χ0n) is 11.7. The van der Waals surface area contributed by atoms with Crippen molar-refractivity contribution >= 4 is 10.0 Å². The zero-order chi connectivity index (χ0) is 14.8. The van der Waals surface area contributed by atoms with E-state index in [-0.39, 0.29) is 10.6 Å². The maximum Gasteiger partial charge on any atom is 0.243 e. The minimum Gasteiger partial charge on any atom is -0.494 e. The second-order valence-corrected chi connectivity index (χ2v) is 6.57.